The molecular formula is C9H12ClN3Si. The number of hydrogen-bond donors (Lipinski definition) is 1. The molecule has 0 saturated carbocycles. The van der Waals surface area contributed by atoms with Crippen molar-refractivity contribution in [1.82, 2.24) is 9.97 Å². The zero-order chi connectivity index (χ0) is 10.8. The summed E-state index contributed by atoms with van der Waals surface area (Å²) in [6.07, 6.45) is 1.33. The minimum Gasteiger partial charge on any atom is -0.383 e. The lowest BCUT2D eigenvalue weighted by atomic mass is 10.3. The fraction of sp³-hybridized carbons (Fsp3) is 0.333. The summed E-state index contributed by atoms with van der Waals surface area (Å²) in [5.41, 5.74) is 9.33. The lowest BCUT2D eigenvalue weighted by Crippen LogP contribution is -2.16. The van der Waals surface area contributed by atoms with E-state index >= 15 is 0 Å². The fourth-order valence-corrected chi connectivity index (χ4v) is 1.43. The topological polar surface area (TPSA) is 51.8 Å². The monoisotopic (exact) mass is 225 g/mol. The van der Waals surface area contributed by atoms with Crippen molar-refractivity contribution < 1.29 is 0 Å². The molecule has 0 amide bonds. The molecule has 0 radical (unpaired) electrons. The highest BCUT2D eigenvalue weighted by atomic mass is 35.5. The molecular weight excluding hydrogens is 214 g/mol. The number of nitrogen functional groups attached to an aromatic ring is 1. The van der Waals surface area contributed by atoms with Crippen LogP contribution < -0.4 is 5.73 Å². The Morgan fingerprint density at radius 3 is 2.50 bits per heavy atom. The Bertz CT molecular complexity index is 380. The van der Waals surface area contributed by atoms with E-state index < -0.39 is 8.07 Å². The van der Waals surface area contributed by atoms with Crippen LogP contribution in [0.1, 0.15) is 5.56 Å². The summed E-state index contributed by atoms with van der Waals surface area (Å²) in [6.45, 7) is 6.44. The molecule has 14 heavy (non-hydrogen) atoms. The molecule has 1 heterocycles. The van der Waals surface area contributed by atoms with Gasteiger partial charge in [-0.3, -0.25) is 0 Å². The number of nitrogens with two attached hydrogens (primary N) is 1. The molecule has 0 bridgehead atoms. The van der Waals surface area contributed by atoms with Gasteiger partial charge in [-0.25, -0.2) is 9.97 Å². The smallest absolute Gasteiger partial charge is 0.150 e. The highest BCUT2D eigenvalue weighted by Gasteiger charge is 2.09. The first kappa shape index (κ1) is 11.0. The van der Waals surface area contributed by atoms with Gasteiger partial charge in [0.1, 0.15) is 30.9 Å². The van der Waals surface area contributed by atoms with Crippen molar-refractivity contribution in [2.45, 2.75) is 19.6 Å². The highest BCUT2D eigenvalue weighted by molar-refractivity contribution is 6.83. The zero-order valence-electron chi connectivity index (χ0n) is 8.43. The third-order valence-electron chi connectivity index (χ3n) is 1.39. The SMILES string of the molecule is C[Si](C)(C)C#Cc1c(N)ncnc1Cl. The van der Waals surface area contributed by atoms with E-state index in [1.54, 1.807) is 0 Å². The summed E-state index contributed by atoms with van der Waals surface area (Å²) in [6, 6.07) is 0. The third kappa shape index (κ3) is 3.02. The van der Waals surface area contributed by atoms with E-state index in [9.17, 15) is 0 Å². The van der Waals surface area contributed by atoms with E-state index in [2.05, 4.69) is 41.1 Å². The Balaban J connectivity index is 3.13. The largest absolute Gasteiger partial charge is 0.383 e. The average Bonchev–Trinajstić information content (AvgIpc) is 2.01. The Hall–Kier alpha value is -1.05. The number of rotatable bonds is 0. The molecule has 0 aliphatic carbocycles. The Morgan fingerprint density at radius 2 is 2.00 bits per heavy atom. The van der Waals surface area contributed by atoms with Crippen LogP contribution in [0, 0.1) is 11.5 Å². The van der Waals surface area contributed by atoms with Gasteiger partial charge in [0.2, 0.25) is 0 Å². The fourth-order valence-electron chi connectivity index (χ4n) is 0.742. The summed E-state index contributed by atoms with van der Waals surface area (Å²) in [5, 5.41) is 0.322. The van der Waals surface area contributed by atoms with Crippen molar-refractivity contribution in [2.75, 3.05) is 5.73 Å². The highest BCUT2D eigenvalue weighted by Crippen LogP contribution is 2.15. The van der Waals surface area contributed by atoms with E-state index in [-0.39, 0.29) is 0 Å². The Labute approximate surface area is 89.7 Å². The normalized spacial score (nSPS) is 10.6. The summed E-state index contributed by atoms with van der Waals surface area (Å²) in [7, 11) is -1.42. The zero-order valence-corrected chi connectivity index (χ0v) is 10.2. The maximum atomic E-state index is 5.84. The number of anilines is 1. The maximum absolute atomic E-state index is 5.84. The number of halogens is 1. The predicted molar refractivity (Wildman–Crippen MR) is 61.7 cm³/mol. The first-order valence-corrected chi connectivity index (χ1v) is 8.07. The van der Waals surface area contributed by atoms with Gasteiger partial charge in [-0.1, -0.05) is 37.2 Å². The molecule has 5 heteroatoms. The standard InChI is InChI=1S/C9H12ClN3Si/c1-14(2,3)5-4-7-8(10)12-6-13-9(7)11/h6H,1-3H3,(H2,11,12,13). The average molecular weight is 226 g/mol. The van der Waals surface area contributed by atoms with Crippen LogP contribution >= 0.6 is 11.6 Å². The van der Waals surface area contributed by atoms with Crippen LogP contribution in [0.25, 0.3) is 0 Å². The summed E-state index contributed by atoms with van der Waals surface area (Å²) < 4.78 is 0. The van der Waals surface area contributed by atoms with Crippen LogP contribution in [-0.4, -0.2) is 18.0 Å². The van der Waals surface area contributed by atoms with Crippen molar-refractivity contribution >= 4 is 25.5 Å². The molecule has 0 unspecified atom stereocenters. The minimum absolute atomic E-state index is 0.322. The second kappa shape index (κ2) is 3.99. The second-order valence-corrected chi connectivity index (χ2v) is 9.03. The van der Waals surface area contributed by atoms with Crippen LogP contribution in [0.4, 0.5) is 5.82 Å². The molecule has 0 spiro atoms. The van der Waals surface area contributed by atoms with Crippen molar-refractivity contribution in [2.24, 2.45) is 0 Å². The maximum Gasteiger partial charge on any atom is 0.150 e. The van der Waals surface area contributed by atoms with Gasteiger partial charge < -0.3 is 5.73 Å². The van der Waals surface area contributed by atoms with E-state index in [1.807, 2.05) is 0 Å². The van der Waals surface area contributed by atoms with E-state index in [0.717, 1.165) is 0 Å². The number of hydrogen-bond acceptors (Lipinski definition) is 3. The van der Waals surface area contributed by atoms with Gasteiger partial charge >= 0.3 is 0 Å². The van der Waals surface area contributed by atoms with E-state index in [4.69, 9.17) is 17.3 Å². The first-order valence-electron chi connectivity index (χ1n) is 4.19. The van der Waals surface area contributed by atoms with Crippen molar-refractivity contribution in [3.63, 3.8) is 0 Å². The van der Waals surface area contributed by atoms with E-state index in [0.29, 0.717) is 16.5 Å². The molecule has 3 nitrogen and oxygen atoms in total. The number of nitrogens with zero attached hydrogens (tertiary/aromatic N) is 2. The second-order valence-electron chi connectivity index (χ2n) is 3.92. The predicted octanol–water partition coefficient (Wildman–Crippen LogP) is 1.94. The van der Waals surface area contributed by atoms with Gasteiger partial charge in [0.15, 0.2) is 0 Å². The van der Waals surface area contributed by atoms with E-state index in [1.165, 1.54) is 6.33 Å². The molecule has 0 aliphatic rings. The van der Waals surface area contributed by atoms with Gasteiger partial charge in [0.25, 0.3) is 0 Å². The molecule has 0 saturated heterocycles. The van der Waals surface area contributed by atoms with Crippen LogP contribution in [0.15, 0.2) is 6.33 Å². The summed E-state index contributed by atoms with van der Waals surface area (Å²) in [4.78, 5) is 7.66. The van der Waals surface area contributed by atoms with Crippen LogP contribution in [0.2, 0.25) is 24.8 Å². The molecule has 0 aliphatic heterocycles. The summed E-state index contributed by atoms with van der Waals surface area (Å²) in [5.74, 6) is 3.29. The molecule has 0 fully saturated rings. The van der Waals surface area contributed by atoms with Crippen molar-refractivity contribution in [1.29, 1.82) is 0 Å². The quantitative estimate of drug-likeness (QED) is 0.417. The molecule has 0 aromatic carbocycles. The van der Waals surface area contributed by atoms with Crippen LogP contribution in [-0.2, 0) is 0 Å². The minimum atomic E-state index is -1.42. The molecule has 1 aromatic heterocycles. The van der Waals surface area contributed by atoms with Gasteiger partial charge in [0.05, 0.1) is 0 Å². The molecule has 74 valence electrons. The van der Waals surface area contributed by atoms with Crippen LogP contribution in [0.5, 0.6) is 0 Å². The molecule has 0 atom stereocenters. The van der Waals surface area contributed by atoms with Crippen molar-refractivity contribution in [3.8, 4) is 11.5 Å². The summed E-state index contributed by atoms with van der Waals surface area (Å²) >= 11 is 5.84. The third-order valence-corrected chi connectivity index (χ3v) is 2.55. The Kier molecular flexibility index (Phi) is 3.14. The molecule has 2 N–H and O–H groups in total. The van der Waals surface area contributed by atoms with Crippen LogP contribution in [0.3, 0.4) is 0 Å². The lowest BCUT2D eigenvalue weighted by Gasteiger charge is -2.04. The van der Waals surface area contributed by atoms with Gasteiger partial charge in [0, 0.05) is 0 Å². The van der Waals surface area contributed by atoms with Gasteiger partial charge in [-0.15, -0.1) is 5.54 Å². The Morgan fingerprint density at radius 1 is 1.36 bits per heavy atom. The lowest BCUT2D eigenvalue weighted by molar-refractivity contribution is 1.17. The van der Waals surface area contributed by atoms with Crippen molar-refractivity contribution in [3.05, 3.63) is 17.0 Å². The van der Waals surface area contributed by atoms with Gasteiger partial charge in [-0.2, -0.15) is 0 Å². The van der Waals surface area contributed by atoms with Gasteiger partial charge in [-0.05, 0) is 0 Å². The number of aromatic nitrogens is 2. The molecule has 1 rings (SSSR count). The first-order chi connectivity index (χ1) is 6.40. The molecule has 1 aromatic rings.